The molecule has 0 radical (unpaired) electrons. The first kappa shape index (κ1) is 20.0. The minimum absolute atomic E-state index is 0.261. The summed E-state index contributed by atoms with van der Waals surface area (Å²) in [6.07, 6.45) is -0.592. The standard InChI is InChI=1S/C20H26N2O4S/c23-19(17-26-16-18-7-3-1-4-8-18)15-21-11-13-22(14-12-21)27(24,25)20-9-5-2-6-10-20/h1-10,19,23H,11-17H2. The van der Waals surface area contributed by atoms with Gasteiger partial charge in [0.2, 0.25) is 10.0 Å². The number of rotatable bonds is 8. The van der Waals surface area contributed by atoms with Gasteiger partial charge in [-0.15, -0.1) is 0 Å². The molecule has 0 amide bonds. The van der Waals surface area contributed by atoms with Gasteiger partial charge in [0.1, 0.15) is 0 Å². The number of aliphatic hydroxyl groups excluding tert-OH is 1. The normalized spacial score (nSPS) is 17.7. The molecule has 1 heterocycles. The van der Waals surface area contributed by atoms with E-state index in [1.807, 2.05) is 30.3 Å². The Bertz CT molecular complexity index is 791. The maximum absolute atomic E-state index is 12.6. The van der Waals surface area contributed by atoms with Gasteiger partial charge in [0.25, 0.3) is 0 Å². The minimum atomic E-state index is -3.44. The maximum atomic E-state index is 12.6. The fourth-order valence-corrected chi connectivity index (χ4v) is 4.58. The number of sulfonamides is 1. The lowest BCUT2D eigenvalue weighted by atomic mass is 10.2. The number of aliphatic hydroxyl groups is 1. The van der Waals surface area contributed by atoms with Gasteiger partial charge in [-0.05, 0) is 17.7 Å². The molecule has 2 aromatic rings. The molecule has 7 heteroatoms. The number of hydrogen-bond donors (Lipinski definition) is 1. The summed E-state index contributed by atoms with van der Waals surface area (Å²) in [4.78, 5) is 2.40. The van der Waals surface area contributed by atoms with Gasteiger partial charge >= 0.3 is 0 Å². The van der Waals surface area contributed by atoms with Gasteiger partial charge in [-0.1, -0.05) is 48.5 Å². The molecule has 1 aliphatic rings. The fraction of sp³-hybridized carbons (Fsp3) is 0.400. The molecule has 1 atom stereocenters. The third-order valence-corrected chi connectivity index (χ3v) is 6.52. The first-order valence-electron chi connectivity index (χ1n) is 9.13. The third kappa shape index (κ3) is 5.60. The molecule has 0 aromatic heterocycles. The number of β-amino-alcohol motifs (C(OH)–C–C–N with tert-alkyl or cyclic N) is 1. The van der Waals surface area contributed by atoms with Crippen LogP contribution in [0.25, 0.3) is 0 Å². The first-order chi connectivity index (χ1) is 13.1. The van der Waals surface area contributed by atoms with Crippen LogP contribution in [0, 0.1) is 0 Å². The van der Waals surface area contributed by atoms with Crippen molar-refractivity contribution in [1.82, 2.24) is 9.21 Å². The average molecular weight is 391 g/mol. The van der Waals surface area contributed by atoms with E-state index in [2.05, 4.69) is 4.90 Å². The monoisotopic (exact) mass is 390 g/mol. The number of nitrogens with zero attached hydrogens (tertiary/aromatic N) is 2. The molecule has 3 rings (SSSR count). The van der Waals surface area contributed by atoms with Crippen LogP contribution in [-0.2, 0) is 21.4 Å². The molecular formula is C20H26N2O4S. The van der Waals surface area contributed by atoms with Crippen molar-refractivity contribution in [3.05, 3.63) is 66.2 Å². The molecule has 0 spiro atoms. The van der Waals surface area contributed by atoms with E-state index in [0.717, 1.165) is 5.56 Å². The summed E-state index contributed by atoms with van der Waals surface area (Å²) in [5.41, 5.74) is 1.07. The van der Waals surface area contributed by atoms with Gasteiger partial charge < -0.3 is 9.84 Å². The van der Waals surface area contributed by atoms with Crippen LogP contribution >= 0.6 is 0 Å². The van der Waals surface area contributed by atoms with Crippen LogP contribution in [0.5, 0.6) is 0 Å². The number of benzene rings is 2. The predicted octanol–water partition coefficient (Wildman–Crippen LogP) is 1.57. The highest BCUT2D eigenvalue weighted by Gasteiger charge is 2.28. The molecule has 1 fully saturated rings. The van der Waals surface area contributed by atoms with E-state index in [1.54, 1.807) is 30.3 Å². The zero-order valence-corrected chi connectivity index (χ0v) is 16.1. The molecule has 0 bridgehead atoms. The summed E-state index contributed by atoms with van der Waals surface area (Å²) in [5, 5.41) is 10.2. The van der Waals surface area contributed by atoms with Crippen LogP contribution in [-0.4, -0.2) is 68.2 Å². The lowest BCUT2D eigenvalue weighted by Crippen LogP contribution is -2.50. The second-order valence-corrected chi connectivity index (χ2v) is 8.61. The van der Waals surface area contributed by atoms with Gasteiger partial charge in [-0.25, -0.2) is 8.42 Å². The number of piperazine rings is 1. The lowest BCUT2D eigenvalue weighted by Gasteiger charge is -2.34. The van der Waals surface area contributed by atoms with Crippen molar-refractivity contribution in [2.75, 3.05) is 39.3 Å². The molecule has 2 aromatic carbocycles. The van der Waals surface area contributed by atoms with E-state index in [4.69, 9.17) is 4.74 Å². The number of ether oxygens (including phenoxy) is 1. The Kier molecular flexibility index (Phi) is 6.98. The fourth-order valence-electron chi connectivity index (χ4n) is 3.13. The van der Waals surface area contributed by atoms with E-state index in [-0.39, 0.29) is 6.61 Å². The second-order valence-electron chi connectivity index (χ2n) is 6.67. The highest BCUT2D eigenvalue weighted by atomic mass is 32.2. The second kappa shape index (κ2) is 9.43. The minimum Gasteiger partial charge on any atom is -0.389 e. The molecular weight excluding hydrogens is 364 g/mol. The van der Waals surface area contributed by atoms with Crippen molar-refractivity contribution >= 4 is 10.0 Å². The van der Waals surface area contributed by atoms with Crippen molar-refractivity contribution in [3.8, 4) is 0 Å². The highest BCUT2D eigenvalue weighted by Crippen LogP contribution is 2.17. The van der Waals surface area contributed by atoms with Crippen molar-refractivity contribution in [1.29, 1.82) is 0 Å². The van der Waals surface area contributed by atoms with E-state index in [9.17, 15) is 13.5 Å². The molecule has 146 valence electrons. The Balaban J connectivity index is 1.41. The molecule has 1 N–H and O–H groups in total. The Morgan fingerprint density at radius 1 is 0.926 bits per heavy atom. The van der Waals surface area contributed by atoms with Gasteiger partial charge in [0, 0.05) is 32.7 Å². The molecule has 0 saturated carbocycles. The van der Waals surface area contributed by atoms with Crippen LogP contribution in [0.15, 0.2) is 65.6 Å². The SMILES string of the molecule is O=S(=O)(c1ccccc1)N1CCN(CC(O)COCc2ccccc2)CC1. The summed E-state index contributed by atoms with van der Waals surface area (Å²) in [6, 6.07) is 18.3. The Morgan fingerprint density at radius 2 is 1.52 bits per heavy atom. The predicted molar refractivity (Wildman–Crippen MR) is 104 cm³/mol. The van der Waals surface area contributed by atoms with E-state index in [1.165, 1.54) is 4.31 Å². The molecule has 0 aliphatic carbocycles. The lowest BCUT2D eigenvalue weighted by molar-refractivity contribution is 0.00539. The Hall–Kier alpha value is -1.77. The van der Waals surface area contributed by atoms with E-state index >= 15 is 0 Å². The van der Waals surface area contributed by atoms with Crippen LogP contribution < -0.4 is 0 Å². The zero-order valence-electron chi connectivity index (χ0n) is 15.3. The zero-order chi connectivity index (χ0) is 19.1. The van der Waals surface area contributed by atoms with Gasteiger partial charge in [0.15, 0.2) is 0 Å². The summed E-state index contributed by atoms with van der Waals surface area (Å²) >= 11 is 0. The summed E-state index contributed by atoms with van der Waals surface area (Å²) in [6.45, 7) is 3.26. The van der Waals surface area contributed by atoms with Gasteiger partial charge in [0.05, 0.1) is 24.2 Å². The summed E-state index contributed by atoms with van der Waals surface area (Å²) in [7, 11) is -3.44. The molecule has 1 saturated heterocycles. The van der Waals surface area contributed by atoms with Gasteiger partial charge in [-0.3, -0.25) is 4.90 Å². The average Bonchev–Trinajstić information content (AvgIpc) is 2.70. The quantitative estimate of drug-likeness (QED) is 0.741. The van der Waals surface area contributed by atoms with Crippen molar-refractivity contribution in [3.63, 3.8) is 0 Å². The molecule has 6 nitrogen and oxygen atoms in total. The molecule has 1 unspecified atom stereocenters. The van der Waals surface area contributed by atoms with Crippen molar-refractivity contribution in [2.24, 2.45) is 0 Å². The van der Waals surface area contributed by atoms with E-state index in [0.29, 0.717) is 44.2 Å². The third-order valence-electron chi connectivity index (χ3n) is 4.60. The maximum Gasteiger partial charge on any atom is 0.243 e. The van der Waals surface area contributed by atoms with Crippen LogP contribution in [0.3, 0.4) is 0 Å². The van der Waals surface area contributed by atoms with Crippen LogP contribution in [0.2, 0.25) is 0 Å². The largest absolute Gasteiger partial charge is 0.389 e. The van der Waals surface area contributed by atoms with Crippen molar-refractivity contribution in [2.45, 2.75) is 17.6 Å². The summed E-state index contributed by atoms with van der Waals surface area (Å²) in [5.74, 6) is 0. The summed E-state index contributed by atoms with van der Waals surface area (Å²) < 4.78 is 32.3. The van der Waals surface area contributed by atoms with E-state index < -0.39 is 16.1 Å². The van der Waals surface area contributed by atoms with Crippen LogP contribution in [0.1, 0.15) is 5.56 Å². The van der Waals surface area contributed by atoms with Crippen LogP contribution in [0.4, 0.5) is 0 Å². The number of hydrogen-bond acceptors (Lipinski definition) is 5. The Labute approximate surface area is 161 Å². The molecule has 27 heavy (non-hydrogen) atoms. The van der Waals surface area contributed by atoms with Crippen molar-refractivity contribution < 1.29 is 18.3 Å². The smallest absolute Gasteiger partial charge is 0.243 e. The van der Waals surface area contributed by atoms with Gasteiger partial charge in [-0.2, -0.15) is 4.31 Å². The Morgan fingerprint density at radius 3 is 2.15 bits per heavy atom. The topological polar surface area (TPSA) is 70.1 Å². The highest BCUT2D eigenvalue weighted by molar-refractivity contribution is 7.89. The molecule has 1 aliphatic heterocycles. The first-order valence-corrected chi connectivity index (χ1v) is 10.6.